The van der Waals surface area contributed by atoms with E-state index in [0.29, 0.717) is 6.04 Å². The summed E-state index contributed by atoms with van der Waals surface area (Å²) in [7, 11) is 0. The Balaban J connectivity index is 2.14. The molecule has 0 aromatic carbocycles. The standard InChI is InChI=1S/C10H17NO/c1-8-3-6-12-10(8)4-5-11-9(2)7-10/h3,9,11H,4-7H2,1-2H3/t9-,10?/m1/s1. The Morgan fingerprint density at radius 2 is 2.50 bits per heavy atom. The van der Waals surface area contributed by atoms with Crippen LogP contribution in [0, 0.1) is 0 Å². The lowest BCUT2D eigenvalue weighted by molar-refractivity contribution is -0.0145. The van der Waals surface area contributed by atoms with Gasteiger partial charge in [-0.2, -0.15) is 0 Å². The van der Waals surface area contributed by atoms with Crippen LogP contribution < -0.4 is 5.32 Å². The minimum Gasteiger partial charge on any atom is -0.366 e. The van der Waals surface area contributed by atoms with Gasteiger partial charge in [0.25, 0.3) is 0 Å². The first kappa shape index (κ1) is 8.27. The van der Waals surface area contributed by atoms with Gasteiger partial charge in [0.2, 0.25) is 0 Å². The molecule has 0 radical (unpaired) electrons. The third-order valence-corrected chi connectivity index (χ3v) is 3.13. The van der Waals surface area contributed by atoms with Gasteiger partial charge in [0, 0.05) is 6.04 Å². The Hall–Kier alpha value is -0.340. The molecule has 2 heterocycles. The van der Waals surface area contributed by atoms with Crippen molar-refractivity contribution < 1.29 is 4.74 Å². The molecule has 1 fully saturated rings. The molecule has 68 valence electrons. The van der Waals surface area contributed by atoms with Crippen LogP contribution in [0.25, 0.3) is 0 Å². The second-order valence-corrected chi connectivity index (χ2v) is 4.00. The minimum atomic E-state index is 0.102. The van der Waals surface area contributed by atoms with E-state index in [-0.39, 0.29) is 5.60 Å². The lowest BCUT2D eigenvalue weighted by Gasteiger charge is -2.38. The molecule has 1 spiro atoms. The number of piperidine rings is 1. The van der Waals surface area contributed by atoms with Crippen LogP contribution in [0.4, 0.5) is 0 Å². The summed E-state index contributed by atoms with van der Waals surface area (Å²) in [6.45, 7) is 6.34. The molecule has 1 unspecified atom stereocenters. The number of rotatable bonds is 0. The molecule has 2 rings (SSSR count). The van der Waals surface area contributed by atoms with Crippen molar-refractivity contribution in [1.29, 1.82) is 0 Å². The van der Waals surface area contributed by atoms with E-state index in [1.165, 1.54) is 5.57 Å². The van der Waals surface area contributed by atoms with Gasteiger partial charge < -0.3 is 10.1 Å². The second kappa shape index (κ2) is 2.86. The third-order valence-electron chi connectivity index (χ3n) is 3.13. The van der Waals surface area contributed by atoms with Crippen molar-refractivity contribution in [3.05, 3.63) is 11.6 Å². The number of ether oxygens (including phenoxy) is 1. The summed E-state index contributed by atoms with van der Waals surface area (Å²) in [6.07, 6.45) is 4.49. The molecule has 0 aromatic rings. The highest BCUT2D eigenvalue weighted by molar-refractivity contribution is 5.21. The van der Waals surface area contributed by atoms with Crippen LogP contribution in [-0.4, -0.2) is 24.8 Å². The SMILES string of the molecule is CC1=CCOC12CCN[C@H](C)C2. The molecule has 0 bridgehead atoms. The maximum Gasteiger partial charge on any atom is 0.0920 e. The first-order valence-electron chi connectivity index (χ1n) is 4.77. The van der Waals surface area contributed by atoms with Crippen molar-refractivity contribution in [2.75, 3.05) is 13.2 Å². The van der Waals surface area contributed by atoms with E-state index in [2.05, 4.69) is 25.2 Å². The molecule has 1 saturated heterocycles. The van der Waals surface area contributed by atoms with E-state index in [9.17, 15) is 0 Å². The van der Waals surface area contributed by atoms with Crippen molar-refractivity contribution >= 4 is 0 Å². The number of hydrogen-bond donors (Lipinski definition) is 1. The first-order chi connectivity index (χ1) is 5.73. The van der Waals surface area contributed by atoms with Gasteiger partial charge in [-0.15, -0.1) is 0 Å². The quantitative estimate of drug-likeness (QED) is 0.552. The molecule has 2 atom stereocenters. The predicted octanol–water partition coefficient (Wildman–Crippen LogP) is 1.47. The van der Waals surface area contributed by atoms with E-state index < -0.39 is 0 Å². The molecular formula is C10H17NO. The van der Waals surface area contributed by atoms with E-state index in [4.69, 9.17) is 4.74 Å². The summed E-state index contributed by atoms with van der Waals surface area (Å²) in [5.41, 5.74) is 1.54. The molecule has 2 heteroatoms. The largest absolute Gasteiger partial charge is 0.366 e. The summed E-state index contributed by atoms with van der Waals surface area (Å²) in [5.74, 6) is 0. The molecule has 0 saturated carbocycles. The van der Waals surface area contributed by atoms with Crippen LogP contribution in [0.3, 0.4) is 0 Å². The van der Waals surface area contributed by atoms with Crippen molar-refractivity contribution in [3.8, 4) is 0 Å². The molecule has 0 amide bonds. The monoisotopic (exact) mass is 167 g/mol. The summed E-state index contributed by atoms with van der Waals surface area (Å²) in [6, 6.07) is 0.597. The Bertz CT molecular complexity index is 212. The van der Waals surface area contributed by atoms with Crippen molar-refractivity contribution in [2.24, 2.45) is 0 Å². The first-order valence-corrected chi connectivity index (χ1v) is 4.77. The van der Waals surface area contributed by atoms with Gasteiger partial charge in [-0.05, 0) is 38.8 Å². The van der Waals surface area contributed by atoms with E-state index in [1.54, 1.807) is 0 Å². The fourth-order valence-corrected chi connectivity index (χ4v) is 2.30. The Labute approximate surface area is 74.0 Å². The average molecular weight is 167 g/mol. The zero-order valence-corrected chi connectivity index (χ0v) is 7.89. The summed E-state index contributed by atoms with van der Waals surface area (Å²) in [5, 5.41) is 3.45. The molecule has 0 aromatic heterocycles. The Morgan fingerprint density at radius 3 is 3.08 bits per heavy atom. The number of nitrogens with one attached hydrogen (secondary N) is 1. The molecule has 0 aliphatic carbocycles. The lowest BCUT2D eigenvalue weighted by Crippen LogP contribution is -2.47. The smallest absolute Gasteiger partial charge is 0.0920 e. The predicted molar refractivity (Wildman–Crippen MR) is 49.1 cm³/mol. The molecule has 1 N–H and O–H groups in total. The zero-order valence-electron chi connectivity index (χ0n) is 7.89. The van der Waals surface area contributed by atoms with Gasteiger partial charge in [0.15, 0.2) is 0 Å². The topological polar surface area (TPSA) is 21.3 Å². The van der Waals surface area contributed by atoms with Gasteiger partial charge in [-0.1, -0.05) is 6.08 Å². The average Bonchev–Trinajstić information content (AvgIpc) is 2.33. The zero-order chi connectivity index (χ0) is 8.60. The minimum absolute atomic E-state index is 0.102. The highest BCUT2D eigenvalue weighted by Gasteiger charge is 2.39. The summed E-state index contributed by atoms with van der Waals surface area (Å²) >= 11 is 0. The van der Waals surface area contributed by atoms with Crippen molar-refractivity contribution in [1.82, 2.24) is 5.32 Å². The molecular weight excluding hydrogens is 150 g/mol. The number of hydrogen-bond acceptors (Lipinski definition) is 2. The van der Waals surface area contributed by atoms with Crippen LogP contribution >= 0.6 is 0 Å². The highest BCUT2D eigenvalue weighted by atomic mass is 16.5. The maximum atomic E-state index is 5.83. The van der Waals surface area contributed by atoms with Gasteiger partial charge >= 0.3 is 0 Å². The van der Waals surface area contributed by atoms with Gasteiger partial charge in [0.1, 0.15) is 0 Å². The van der Waals surface area contributed by atoms with Crippen LogP contribution in [0.15, 0.2) is 11.6 Å². The van der Waals surface area contributed by atoms with Gasteiger partial charge in [-0.3, -0.25) is 0 Å². The van der Waals surface area contributed by atoms with Gasteiger partial charge in [-0.25, -0.2) is 0 Å². The fourth-order valence-electron chi connectivity index (χ4n) is 2.30. The maximum absolute atomic E-state index is 5.83. The molecule has 2 aliphatic rings. The summed E-state index contributed by atoms with van der Waals surface area (Å²) < 4.78 is 5.83. The normalized spacial score (nSPS) is 41.8. The van der Waals surface area contributed by atoms with Crippen molar-refractivity contribution in [2.45, 2.75) is 38.3 Å². The van der Waals surface area contributed by atoms with Crippen LogP contribution in [-0.2, 0) is 4.74 Å². The van der Waals surface area contributed by atoms with Gasteiger partial charge in [0.05, 0.1) is 12.2 Å². The third kappa shape index (κ3) is 1.19. The lowest BCUT2D eigenvalue weighted by atomic mass is 9.83. The fraction of sp³-hybridized carbons (Fsp3) is 0.800. The molecule has 2 aliphatic heterocycles. The van der Waals surface area contributed by atoms with Crippen LogP contribution in [0.5, 0.6) is 0 Å². The van der Waals surface area contributed by atoms with Crippen LogP contribution in [0.2, 0.25) is 0 Å². The second-order valence-electron chi connectivity index (χ2n) is 4.00. The highest BCUT2D eigenvalue weighted by Crippen LogP contribution is 2.36. The van der Waals surface area contributed by atoms with Crippen molar-refractivity contribution in [3.63, 3.8) is 0 Å². The molecule has 12 heavy (non-hydrogen) atoms. The Morgan fingerprint density at radius 1 is 1.67 bits per heavy atom. The van der Waals surface area contributed by atoms with E-state index >= 15 is 0 Å². The molecule has 2 nitrogen and oxygen atoms in total. The van der Waals surface area contributed by atoms with E-state index in [1.807, 2.05) is 0 Å². The summed E-state index contributed by atoms with van der Waals surface area (Å²) in [4.78, 5) is 0. The van der Waals surface area contributed by atoms with Crippen LogP contribution in [0.1, 0.15) is 26.7 Å². The Kier molecular flexibility index (Phi) is 1.97. The van der Waals surface area contributed by atoms with E-state index in [0.717, 1.165) is 26.0 Å².